The van der Waals surface area contributed by atoms with Crippen molar-refractivity contribution in [3.8, 4) is 11.4 Å². The van der Waals surface area contributed by atoms with Crippen LogP contribution in [0, 0.1) is 5.82 Å². The third-order valence-electron chi connectivity index (χ3n) is 4.98. The second-order valence-electron chi connectivity index (χ2n) is 6.87. The molecule has 1 aliphatic heterocycles. The number of amides is 1. The number of carbonyl (C=O) groups excluding carboxylic acids is 1. The van der Waals surface area contributed by atoms with Gasteiger partial charge in [0.05, 0.1) is 18.3 Å². The summed E-state index contributed by atoms with van der Waals surface area (Å²) in [7, 11) is 1.37. The van der Waals surface area contributed by atoms with Crippen molar-refractivity contribution in [3.05, 3.63) is 35.5 Å². The molecule has 4 rings (SSSR count). The predicted octanol–water partition coefficient (Wildman–Crippen LogP) is 3.85. The number of pyridine rings is 1. The molecule has 1 fully saturated rings. The zero-order valence-corrected chi connectivity index (χ0v) is 16.5. The lowest BCUT2D eigenvalue weighted by molar-refractivity contribution is 0.125. The van der Waals surface area contributed by atoms with Gasteiger partial charge in [-0.3, -0.25) is 0 Å². The van der Waals surface area contributed by atoms with E-state index >= 15 is 0 Å². The van der Waals surface area contributed by atoms with E-state index in [0.29, 0.717) is 41.6 Å². The minimum Gasteiger partial charge on any atom is -0.453 e. The van der Waals surface area contributed by atoms with Crippen LogP contribution >= 0.6 is 11.6 Å². The molecule has 0 saturated carbocycles. The number of fused-ring (bicyclic) bond motifs is 1. The Balaban J connectivity index is 1.56. The topological polar surface area (TPSA) is 96.0 Å². The Hall–Kier alpha value is -2.94. The number of nitrogens with one attached hydrogen (secondary N) is 2. The average Bonchev–Trinajstić information content (AvgIpc) is 2.99. The second-order valence-corrected chi connectivity index (χ2v) is 7.31. The predicted molar refractivity (Wildman–Crippen MR) is 107 cm³/mol. The molecule has 8 nitrogen and oxygen atoms in total. The molecular formula is C19H20ClFN6O2. The van der Waals surface area contributed by atoms with Crippen LogP contribution < -0.4 is 5.32 Å². The summed E-state index contributed by atoms with van der Waals surface area (Å²) in [6.45, 7) is 1.15. The van der Waals surface area contributed by atoms with Gasteiger partial charge in [0.15, 0.2) is 17.5 Å². The minimum absolute atomic E-state index is 0.0130. The van der Waals surface area contributed by atoms with Crippen molar-refractivity contribution in [2.75, 3.05) is 25.5 Å². The maximum absolute atomic E-state index is 14.4. The van der Waals surface area contributed by atoms with Crippen LogP contribution in [0.1, 0.15) is 19.3 Å². The number of aromatic nitrogens is 4. The summed E-state index contributed by atoms with van der Waals surface area (Å²) in [5.74, 6) is -0.0244. The summed E-state index contributed by atoms with van der Waals surface area (Å²) < 4.78 is 19.2. The molecule has 0 radical (unpaired) electrons. The van der Waals surface area contributed by atoms with Gasteiger partial charge in [-0.25, -0.2) is 24.1 Å². The zero-order valence-electron chi connectivity index (χ0n) is 15.8. The van der Waals surface area contributed by atoms with E-state index < -0.39 is 5.82 Å². The van der Waals surface area contributed by atoms with Crippen LogP contribution in [-0.4, -0.2) is 57.2 Å². The third kappa shape index (κ3) is 4.09. The lowest BCUT2D eigenvalue weighted by atomic mass is 10.1. The maximum Gasteiger partial charge on any atom is 0.409 e. The Bertz CT molecular complexity index is 1040. The van der Waals surface area contributed by atoms with E-state index in [0.717, 1.165) is 24.4 Å². The minimum atomic E-state index is -0.529. The Morgan fingerprint density at radius 2 is 2.21 bits per heavy atom. The number of likely N-dealkylation sites (tertiary alicyclic amines) is 1. The molecule has 3 aromatic heterocycles. The van der Waals surface area contributed by atoms with Gasteiger partial charge in [0.2, 0.25) is 0 Å². The number of hydrogen-bond donors (Lipinski definition) is 2. The summed E-state index contributed by atoms with van der Waals surface area (Å²) in [6.07, 6.45) is 6.34. The monoisotopic (exact) mass is 418 g/mol. The molecule has 1 unspecified atom stereocenters. The van der Waals surface area contributed by atoms with Crippen LogP contribution in [0.4, 0.5) is 15.0 Å². The fourth-order valence-electron chi connectivity index (χ4n) is 3.51. The first-order valence-corrected chi connectivity index (χ1v) is 9.68. The Morgan fingerprint density at radius 1 is 1.34 bits per heavy atom. The number of methoxy groups -OCH3 is 1. The molecule has 1 atom stereocenters. The van der Waals surface area contributed by atoms with Gasteiger partial charge in [0, 0.05) is 42.5 Å². The van der Waals surface area contributed by atoms with Crippen LogP contribution in [0.15, 0.2) is 24.7 Å². The van der Waals surface area contributed by atoms with Crippen molar-refractivity contribution in [1.82, 2.24) is 24.8 Å². The van der Waals surface area contributed by atoms with Crippen molar-refractivity contribution in [2.45, 2.75) is 25.3 Å². The molecule has 1 aliphatic rings. The summed E-state index contributed by atoms with van der Waals surface area (Å²) >= 11 is 6.05. The van der Waals surface area contributed by atoms with Gasteiger partial charge >= 0.3 is 6.09 Å². The highest BCUT2D eigenvalue weighted by molar-refractivity contribution is 6.31. The smallest absolute Gasteiger partial charge is 0.409 e. The van der Waals surface area contributed by atoms with Gasteiger partial charge in [-0.15, -0.1) is 0 Å². The average molecular weight is 419 g/mol. The highest BCUT2D eigenvalue weighted by atomic mass is 35.5. The molecule has 0 aliphatic carbocycles. The molecule has 2 N–H and O–H groups in total. The number of aromatic amines is 1. The van der Waals surface area contributed by atoms with Gasteiger partial charge < -0.3 is 19.9 Å². The molecule has 152 valence electrons. The molecule has 1 saturated heterocycles. The molecule has 29 heavy (non-hydrogen) atoms. The van der Waals surface area contributed by atoms with E-state index in [4.69, 9.17) is 16.3 Å². The highest BCUT2D eigenvalue weighted by Gasteiger charge is 2.22. The molecule has 0 spiro atoms. The van der Waals surface area contributed by atoms with E-state index in [1.165, 1.54) is 7.11 Å². The van der Waals surface area contributed by atoms with Gasteiger partial charge in [0.1, 0.15) is 5.65 Å². The maximum atomic E-state index is 14.4. The van der Waals surface area contributed by atoms with E-state index in [-0.39, 0.29) is 18.0 Å². The molecule has 10 heteroatoms. The molecule has 3 aromatic rings. The second kappa shape index (κ2) is 8.20. The lowest BCUT2D eigenvalue weighted by Gasteiger charge is -2.19. The fraction of sp³-hybridized carbons (Fsp3) is 0.368. The molecule has 1 amide bonds. The first-order chi connectivity index (χ1) is 14.0. The number of H-pyrrole nitrogens is 1. The quantitative estimate of drug-likeness (QED) is 0.670. The van der Waals surface area contributed by atoms with Crippen LogP contribution in [0.3, 0.4) is 0 Å². The SMILES string of the molecule is COC(=O)N1CCCC(Nc2nc(-c3c[nH]c4ncc(Cl)cc34)ncc2F)CC1. The van der Waals surface area contributed by atoms with Crippen molar-refractivity contribution >= 4 is 34.5 Å². The third-order valence-corrected chi connectivity index (χ3v) is 5.19. The number of hydrogen-bond acceptors (Lipinski definition) is 6. The lowest BCUT2D eigenvalue weighted by Crippen LogP contribution is -2.32. The molecule has 0 aromatic carbocycles. The normalized spacial score (nSPS) is 17.2. The summed E-state index contributed by atoms with van der Waals surface area (Å²) in [5, 5.41) is 4.43. The van der Waals surface area contributed by atoms with Gasteiger partial charge in [0.25, 0.3) is 0 Å². The molecule has 4 heterocycles. The van der Waals surface area contributed by atoms with Gasteiger partial charge in [-0.05, 0) is 25.3 Å². The highest BCUT2D eigenvalue weighted by Crippen LogP contribution is 2.28. The van der Waals surface area contributed by atoms with Crippen molar-refractivity contribution < 1.29 is 13.9 Å². The first kappa shape index (κ1) is 19.4. The van der Waals surface area contributed by atoms with E-state index in [1.807, 2.05) is 0 Å². The van der Waals surface area contributed by atoms with E-state index in [9.17, 15) is 9.18 Å². The molecular weight excluding hydrogens is 399 g/mol. The largest absolute Gasteiger partial charge is 0.453 e. The van der Waals surface area contributed by atoms with Gasteiger partial charge in [-0.2, -0.15) is 0 Å². The van der Waals surface area contributed by atoms with Gasteiger partial charge in [-0.1, -0.05) is 11.6 Å². The number of rotatable bonds is 3. The number of halogens is 2. The standard InChI is InChI=1S/C19H20ClFN6O2/c1-29-19(28)27-5-2-3-12(4-6-27)25-18-15(21)10-24-17(26-18)14-9-23-16-13(14)7-11(20)8-22-16/h7-10,12H,2-6H2,1H3,(H,22,23)(H,24,25,26). The Labute approximate surface area is 171 Å². The number of anilines is 1. The van der Waals surface area contributed by atoms with E-state index in [1.54, 1.807) is 23.4 Å². The van der Waals surface area contributed by atoms with Crippen molar-refractivity contribution in [1.29, 1.82) is 0 Å². The van der Waals surface area contributed by atoms with Crippen molar-refractivity contribution in [3.63, 3.8) is 0 Å². The number of nitrogens with zero attached hydrogens (tertiary/aromatic N) is 4. The zero-order chi connectivity index (χ0) is 20.4. The number of ether oxygens (including phenoxy) is 1. The number of carbonyl (C=O) groups is 1. The van der Waals surface area contributed by atoms with Crippen LogP contribution in [0.2, 0.25) is 5.02 Å². The van der Waals surface area contributed by atoms with E-state index in [2.05, 4.69) is 25.3 Å². The summed E-state index contributed by atoms with van der Waals surface area (Å²) in [4.78, 5) is 29.2. The summed E-state index contributed by atoms with van der Waals surface area (Å²) in [5.41, 5.74) is 1.34. The first-order valence-electron chi connectivity index (χ1n) is 9.30. The molecule has 0 bridgehead atoms. The van der Waals surface area contributed by atoms with Crippen LogP contribution in [-0.2, 0) is 4.74 Å². The van der Waals surface area contributed by atoms with Crippen LogP contribution in [0.25, 0.3) is 22.4 Å². The Kier molecular flexibility index (Phi) is 5.48. The van der Waals surface area contributed by atoms with Crippen molar-refractivity contribution in [2.24, 2.45) is 0 Å². The van der Waals surface area contributed by atoms with Crippen LogP contribution in [0.5, 0.6) is 0 Å². The summed E-state index contributed by atoms with van der Waals surface area (Å²) in [6, 6.07) is 1.75. The Morgan fingerprint density at radius 3 is 3.03 bits per heavy atom. The fourth-order valence-corrected chi connectivity index (χ4v) is 3.66.